The van der Waals surface area contributed by atoms with Crippen LogP contribution in [-0.2, 0) is 0 Å². The van der Waals surface area contributed by atoms with Crippen LogP contribution < -0.4 is 25.9 Å². The molecule has 0 N–H and O–H groups in total. The number of para-hydroxylation sites is 4. The third-order valence-corrected chi connectivity index (χ3v) is 11.1. The van der Waals surface area contributed by atoms with Gasteiger partial charge in [0.05, 0.1) is 23.4 Å². The smallest absolute Gasteiger partial charge is 0.260 e. The SMILES string of the molecule is [2H]c1cc2c3ccccc3n(-c3cccc(-c4ccc5c(c4)Oc4cccc6c4B5c4ccccc4O6)c3)c2c2c3ccccc3n(-c3ccccc3)c12. The van der Waals surface area contributed by atoms with Crippen LogP contribution in [0.2, 0.25) is 0 Å². The van der Waals surface area contributed by atoms with E-state index in [9.17, 15) is 1.37 Å². The predicted octanol–water partition coefficient (Wildman–Crippen LogP) is 10.3. The second-order valence-electron chi connectivity index (χ2n) is 14.0. The quantitative estimate of drug-likeness (QED) is 0.174. The summed E-state index contributed by atoms with van der Waals surface area (Å²) in [6.45, 7) is 0.0326. The van der Waals surface area contributed by atoms with Crippen molar-refractivity contribution in [2.24, 2.45) is 0 Å². The number of hydrogen-bond donors (Lipinski definition) is 0. The molecule has 2 aliphatic heterocycles. The van der Waals surface area contributed by atoms with Gasteiger partial charge in [0.25, 0.3) is 6.71 Å². The summed E-state index contributed by atoms with van der Waals surface area (Å²) in [7, 11) is 0. The summed E-state index contributed by atoms with van der Waals surface area (Å²) in [4.78, 5) is 0. The van der Waals surface area contributed by atoms with Gasteiger partial charge in [-0.15, -0.1) is 0 Å². The van der Waals surface area contributed by atoms with E-state index in [1.807, 2.05) is 36.4 Å². The van der Waals surface area contributed by atoms with Crippen LogP contribution in [0.4, 0.5) is 0 Å². The van der Waals surface area contributed by atoms with Crippen LogP contribution in [0.25, 0.3) is 66.1 Å². The standard InChI is InChI=1S/C48H29BN2O2/c1-2-13-32(14-3-1)50-40-20-8-5-17-36(40)46-41(50)27-25-35-34-16-4-7-19-39(34)51(48(35)46)33-15-10-12-30(28-33)31-24-26-38-45(29-31)53-44-23-11-22-43-47(44)49(38)37-18-6-9-21-42(37)52-43/h1-29H/i27D. The van der Waals surface area contributed by atoms with Crippen molar-refractivity contribution in [2.75, 3.05) is 0 Å². The summed E-state index contributed by atoms with van der Waals surface area (Å²) in [5, 5.41) is 4.40. The first-order valence-electron chi connectivity index (χ1n) is 18.5. The number of hydrogen-bond acceptors (Lipinski definition) is 2. The van der Waals surface area contributed by atoms with Crippen molar-refractivity contribution < 1.29 is 10.8 Å². The lowest BCUT2D eigenvalue weighted by Gasteiger charge is -2.32. The molecule has 0 atom stereocenters. The van der Waals surface area contributed by atoms with E-state index in [4.69, 9.17) is 9.47 Å². The number of fused-ring (bicyclic) bond motifs is 11. The Labute approximate surface area is 307 Å². The summed E-state index contributed by atoms with van der Waals surface area (Å²) in [5.41, 5.74) is 11.8. The molecule has 0 unspecified atom stereocenters. The molecule has 0 spiro atoms. The Morgan fingerprint density at radius 3 is 1.94 bits per heavy atom. The fourth-order valence-electron chi connectivity index (χ4n) is 8.91. The zero-order chi connectivity index (χ0) is 35.5. The minimum Gasteiger partial charge on any atom is -0.458 e. The molecule has 0 saturated heterocycles. The Hall–Kier alpha value is -6.98. The molecule has 5 heteroatoms. The fraction of sp³-hybridized carbons (Fsp3) is 0. The van der Waals surface area contributed by atoms with Gasteiger partial charge in [-0.3, -0.25) is 0 Å². The molecular formula is C48H29BN2O2. The van der Waals surface area contributed by atoms with Crippen LogP contribution in [-0.4, -0.2) is 15.8 Å². The van der Waals surface area contributed by atoms with Gasteiger partial charge in [-0.25, -0.2) is 0 Å². The van der Waals surface area contributed by atoms with E-state index < -0.39 is 0 Å². The van der Waals surface area contributed by atoms with E-state index in [1.54, 1.807) is 0 Å². The molecule has 2 aliphatic rings. The first kappa shape index (κ1) is 27.7. The highest BCUT2D eigenvalue weighted by atomic mass is 16.5. The Morgan fingerprint density at radius 1 is 0.434 bits per heavy atom. The summed E-state index contributed by atoms with van der Waals surface area (Å²) in [6, 6.07) is 59.9. The molecule has 0 aliphatic carbocycles. The van der Waals surface area contributed by atoms with Crippen LogP contribution in [0.1, 0.15) is 1.37 Å². The van der Waals surface area contributed by atoms with Crippen molar-refractivity contribution in [3.05, 3.63) is 176 Å². The number of rotatable bonds is 3. The van der Waals surface area contributed by atoms with Gasteiger partial charge in [-0.1, -0.05) is 109 Å². The average Bonchev–Trinajstić information content (AvgIpc) is 3.74. The van der Waals surface area contributed by atoms with Crippen molar-refractivity contribution in [3.63, 3.8) is 0 Å². The van der Waals surface area contributed by atoms with E-state index >= 15 is 0 Å². The van der Waals surface area contributed by atoms with Crippen LogP contribution in [0.5, 0.6) is 23.0 Å². The first-order chi connectivity index (χ1) is 26.7. The number of aromatic nitrogens is 2. The maximum atomic E-state index is 9.46. The molecule has 0 saturated carbocycles. The summed E-state index contributed by atoms with van der Waals surface area (Å²) >= 11 is 0. The Balaban J connectivity index is 1.08. The summed E-state index contributed by atoms with van der Waals surface area (Å²) in [6.07, 6.45) is 0. The zero-order valence-corrected chi connectivity index (χ0v) is 28.5. The van der Waals surface area contributed by atoms with E-state index in [1.165, 1.54) is 0 Å². The van der Waals surface area contributed by atoms with Crippen molar-refractivity contribution in [3.8, 4) is 45.5 Å². The molecule has 4 nitrogen and oxygen atoms in total. The Morgan fingerprint density at radius 2 is 1.08 bits per heavy atom. The Kier molecular flexibility index (Phi) is 5.63. The Bertz CT molecular complexity index is 3200. The van der Waals surface area contributed by atoms with Crippen LogP contribution in [0.3, 0.4) is 0 Å². The van der Waals surface area contributed by atoms with Gasteiger partial charge in [0, 0.05) is 38.4 Å². The summed E-state index contributed by atoms with van der Waals surface area (Å²) < 4.78 is 27.1. The number of ether oxygens (including phenoxy) is 2. The normalized spacial score (nSPS) is 13.1. The molecular weight excluding hydrogens is 647 g/mol. The van der Waals surface area contributed by atoms with Gasteiger partial charge in [0.2, 0.25) is 0 Å². The molecule has 0 bridgehead atoms. The molecule has 53 heavy (non-hydrogen) atoms. The fourth-order valence-corrected chi connectivity index (χ4v) is 8.91. The average molecular weight is 678 g/mol. The molecule has 8 aromatic carbocycles. The molecule has 12 rings (SSSR count). The maximum absolute atomic E-state index is 9.46. The minimum atomic E-state index is 0.0326. The number of nitrogens with zero attached hydrogens (tertiary/aromatic N) is 2. The third kappa shape index (κ3) is 4.02. The highest BCUT2D eigenvalue weighted by molar-refractivity contribution is 6.98. The van der Waals surface area contributed by atoms with E-state index in [2.05, 4.69) is 143 Å². The van der Waals surface area contributed by atoms with Gasteiger partial charge in [0.15, 0.2) is 0 Å². The molecule has 0 radical (unpaired) electrons. The molecule has 246 valence electrons. The van der Waals surface area contributed by atoms with E-state index in [0.29, 0.717) is 6.04 Å². The van der Waals surface area contributed by atoms with E-state index in [0.717, 1.165) is 105 Å². The zero-order valence-electron chi connectivity index (χ0n) is 29.5. The van der Waals surface area contributed by atoms with Crippen molar-refractivity contribution >= 4 is 66.7 Å². The van der Waals surface area contributed by atoms with Crippen LogP contribution >= 0.6 is 0 Å². The second kappa shape index (κ2) is 10.8. The molecule has 2 aromatic heterocycles. The van der Waals surface area contributed by atoms with Gasteiger partial charge < -0.3 is 18.6 Å². The summed E-state index contributed by atoms with van der Waals surface area (Å²) in [5.74, 6) is 3.44. The predicted molar refractivity (Wildman–Crippen MR) is 218 cm³/mol. The number of benzene rings is 8. The van der Waals surface area contributed by atoms with Gasteiger partial charge >= 0.3 is 0 Å². The lowest BCUT2D eigenvalue weighted by atomic mass is 9.35. The highest BCUT2D eigenvalue weighted by Gasteiger charge is 2.39. The molecule has 0 amide bonds. The lowest BCUT2D eigenvalue weighted by molar-refractivity contribution is 0.464. The second-order valence-corrected chi connectivity index (χ2v) is 14.0. The van der Waals surface area contributed by atoms with Crippen molar-refractivity contribution in [2.45, 2.75) is 0 Å². The molecule has 0 fully saturated rings. The minimum absolute atomic E-state index is 0.0326. The largest absolute Gasteiger partial charge is 0.458 e. The molecule has 4 heterocycles. The molecule has 10 aromatic rings. The van der Waals surface area contributed by atoms with Gasteiger partial charge in [-0.2, -0.15) is 0 Å². The van der Waals surface area contributed by atoms with Gasteiger partial charge in [0.1, 0.15) is 23.0 Å². The van der Waals surface area contributed by atoms with E-state index in [-0.39, 0.29) is 6.71 Å². The topological polar surface area (TPSA) is 28.3 Å². The highest BCUT2D eigenvalue weighted by Crippen LogP contribution is 2.43. The maximum Gasteiger partial charge on any atom is 0.260 e. The first-order valence-corrected chi connectivity index (χ1v) is 18.0. The lowest BCUT2D eigenvalue weighted by Crippen LogP contribution is -2.57. The van der Waals surface area contributed by atoms with Gasteiger partial charge in [-0.05, 0) is 88.8 Å². The van der Waals surface area contributed by atoms with Crippen molar-refractivity contribution in [1.29, 1.82) is 0 Å². The third-order valence-electron chi connectivity index (χ3n) is 11.1. The monoisotopic (exact) mass is 677 g/mol. The van der Waals surface area contributed by atoms with Crippen molar-refractivity contribution in [1.82, 2.24) is 9.13 Å². The van der Waals surface area contributed by atoms with Crippen LogP contribution in [0, 0.1) is 0 Å². The van der Waals surface area contributed by atoms with Crippen LogP contribution in [0.15, 0.2) is 176 Å².